The number of benzene rings is 1. The first-order chi connectivity index (χ1) is 10.8. The summed E-state index contributed by atoms with van der Waals surface area (Å²) in [6.07, 6.45) is 0.846. The van der Waals surface area contributed by atoms with Crippen molar-refractivity contribution in [2.24, 2.45) is 0 Å². The summed E-state index contributed by atoms with van der Waals surface area (Å²) in [5.74, 6) is -3.01. The maximum absolute atomic E-state index is 11.2. The van der Waals surface area contributed by atoms with Crippen LogP contribution in [0.4, 0.5) is 17.2 Å². The molecule has 3 N–H and O–H groups in total. The third kappa shape index (κ3) is 3.49. The van der Waals surface area contributed by atoms with Gasteiger partial charge in [0.05, 0.1) is 21.7 Å². The first-order valence-electron chi connectivity index (χ1n) is 5.84. The molecule has 0 aliphatic rings. The zero-order valence-electron chi connectivity index (χ0n) is 11.1. The Bertz CT molecular complexity index is 825. The Morgan fingerprint density at radius 2 is 1.96 bits per heavy atom. The molecule has 1 aromatic carbocycles. The topological polar surface area (TPSA) is 156 Å². The standard InChI is InChI=1S/C12H7ClN4O6/c13-12-14-4-8(17(22)23)9(16-12)15-7-3-5(10(18)19)1-2-6(7)11(20)21/h1-4H,(H,18,19)(H,20,21)(H,14,15,16). The number of anilines is 2. The van der Waals surface area contributed by atoms with Crippen molar-refractivity contribution in [2.75, 3.05) is 5.32 Å². The highest BCUT2D eigenvalue weighted by Crippen LogP contribution is 2.28. The Labute approximate surface area is 132 Å². The Morgan fingerprint density at radius 3 is 2.52 bits per heavy atom. The quantitative estimate of drug-likeness (QED) is 0.422. The van der Waals surface area contributed by atoms with Gasteiger partial charge in [0.15, 0.2) is 0 Å². The summed E-state index contributed by atoms with van der Waals surface area (Å²) in [5.41, 5.74) is -1.24. The van der Waals surface area contributed by atoms with Crippen LogP contribution in [0.5, 0.6) is 0 Å². The highest BCUT2D eigenvalue weighted by Gasteiger charge is 2.20. The number of hydrogen-bond donors (Lipinski definition) is 3. The monoisotopic (exact) mass is 338 g/mol. The number of hydrogen-bond acceptors (Lipinski definition) is 7. The summed E-state index contributed by atoms with van der Waals surface area (Å²) >= 11 is 5.58. The fourth-order valence-electron chi connectivity index (χ4n) is 1.67. The predicted octanol–water partition coefficient (Wildman–Crippen LogP) is 2.18. The largest absolute Gasteiger partial charge is 0.478 e. The lowest BCUT2D eigenvalue weighted by molar-refractivity contribution is -0.384. The third-order valence-corrected chi connectivity index (χ3v) is 2.87. The van der Waals surface area contributed by atoms with Gasteiger partial charge in [0.25, 0.3) is 0 Å². The highest BCUT2D eigenvalue weighted by molar-refractivity contribution is 6.28. The van der Waals surface area contributed by atoms with Crippen molar-refractivity contribution in [1.82, 2.24) is 9.97 Å². The number of carboxylic acids is 2. The van der Waals surface area contributed by atoms with Gasteiger partial charge in [-0.25, -0.2) is 14.6 Å². The number of aromatic nitrogens is 2. The van der Waals surface area contributed by atoms with Crippen LogP contribution in [0.2, 0.25) is 5.28 Å². The molecular weight excluding hydrogens is 332 g/mol. The van der Waals surface area contributed by atoms with Crippen molar-refractivity contribution in [3.63, 3.8) is 0 Å². The fourth-order valence-corrected chi connectivity index (χ4v) is 1.81. The van der Waals surface area contributed by atoms with Crippen LogP contribution >= 0.6 is 11.6 Å². The van der Waals surface area contributed by atoms with E-state index < -0.39 is 22.5 Å². The first kappa shape index (κ1) is 16.1. The summed E-state index contributed by atoms with van der Waals surface area (Å²) in [5, 5.41) is 31.2. The zero-order valence-corrected chi connectivity index (χ0v) is 11.8. The van der Waals surface area contributed by atoms with E-state index in [2.05, 4.69) is 15.3 Å². The van der Waals surface area contributed by atoms with Gasteiger partial charge in [0.1, 0.15) is 6.20 Å². The second-order valence-electron chi connectivity index (χ2n) is 4.13. The molecule has 1 heterocycles. The van der Waals surface area contributed by atoms with E-state index in [9.17, 15) is 19.7 Å². The van der Waals surface area contributed by atoms with Crippen molar-refractivity contribution < 1.29 is 24.7 Å². The predicted molar refractivity (Wildman–Crippen MR) is 77.3 cm³/mol. The minimum atomic E-state index is -1.35. The van der Waals surface area contributed by atoms with Gasteiger partial charge in [-0.1, -0.05) is 0 Å². The number of nitrogens with zero attached hydrogens (tertiary/aromatic N) is 3. The number of halogens is 1. The number of carbonyl (C=O) groups is 2. The van der Waals surface area contributed by atoms with Gasteiger partial charge in [-0.2, -0.15) is 4.98 Å². The Morgan fingerprint density at radius 1 is 1.26 bits per heavy atom. The van der Waals surface area contributed by atoms with Crippen LogP contribution in [0, 0.1) is 10.1 Å². The SMILES string of the molecule is O=C(O)c1ccc(C(=O)O)c(Nc2nc(Cl)ncc2[N+](=O)[O-])c1. The number of rotatable bonds is 5. The zero-order chi connectivity index (χ0) is 17.1. The smallest absolute Gasteiger partial charge is 0.337 e. The molecule has 0 bridgehead atoms. The molecule has 1 aromatic heterocycles. The molecule has 2 aromatic rings. The molecule has 0 saturated carbocycles. The molecule has 0 amide bonds. The average Bonchev–Trinajstić information content (AvgIpc) is 2.46. The van der Waals surface area contributed by atoms with Gasteiger partial charge in [-0.3, -0.25) is 10.1 Å². The molecule has 10 nitrogen and oxygen atoms in total. The van der Waals surface area contributed by atoms with E-state index in [-0.39, 0.29) is 27.9 Å². The Kier molecular flexibility index (Phi) is 4.37. The molecule has 0 radical (unpaired) electrons. The molecule has 0 aliphatic heterocycles. The van der Waals surface area contributed by atoms with E-state index in [1.165, 1.54) is 0 Å². The van der Waals surface area contributed by atoms with Crippen LogP contribution in [0.15, 0.2) is 24.4 Å². The minimum Gasteiger partial charge on any atom is -0.478 e. The Hall–Kier alpha value is -3.27. The van der Waals surface area contributed by atoms with Crippen molar-refractivity contribution >= 4 is 40.7 Å². The van der Waals surface area contributed by atoms with Crippen LogP contribution in [0.3, 0.4) is 0 Å². The van der Waals surface area contributed by atoms with Crippen molar-refractivity contribution in [1.29, 1.82) is 0 Å². The normalized spacial score (nSPS) is 10.1. The minimum absolute atomic E-state index is 0.185. The summed E-state index contributed by atoms with van der Waals surface area (Å²) in [7, 11) is 0. The fraction of sp³-hybridized carbons (Fsp3) is 0. The molecule has 23 heavy (non-hydrogen) atoms. The number of aromatic carboxylic acids is 2. The van der Waals surface area contributed by atoms with E-state index in [0.29, 0.717) is 0 Å². The molecule has 0 spiro atoms. The number of nitro groups is 1. The van der Waals surface area contributed by atoms with Gasteiger partial charge in [0.2, 0.25) is 11.1 Å². The lowest BCUT2D eigenvalue weighted by Gasteiger charge is -2.10. The van der Waals surface area contributed by atoms with E-state index in [1.807, 2.05) is 0 Å². The molecule has 0 saturated heterocycles. The number of carboxylic acid groups (broad SMARTS) is 2. The van der Waals surface area contributed by atoms with E-state index >= 15 is 0 Å². The van der Waals surface area contributed by atoms with E-state index in [1.54, 1.807) is 0 Å². The Balaban J connectivity index is 2.57. The van der Waals surface area contributed by atoms with E-state index in [0.717, 1.165) is 24.4 Å². The summed E-state index contributed by atoms with van der Waals surface area (Å²) < 4.78 is 0. The molecule has 11 heteroatoms. The molecule has 0 fully saturated rings. The molecule has 0 aliphatic carbocycles. The molecule has 118 valence electrons. The third-order valence-electron chi connectivity index (χ3n) is 2.69. The van der Waals surface area contributed by atoms with Crippen LogP contribution in [-0.4, -0.2) is 37.0 Å². The lowest BCUT2D eigenvalue weighted by atomic mass is 10.1. The highest BCUT2D eigenvalue weighted by atomic mass is 35.5. The molecule has 0 unspecified atom stereocenters. The van der Waals surface area contributed by atoms with Gasteiger partial charge in [-0.05, 0) is 29.8 Å². The van der Waals surface area contributed by atoms with Gasteiger partial charge in [-0.15, -0.1) is 0 Å². The molecule has 2 rings (SSSR count). The first-order valence-corrected chi connectivity index (χ1v) is 6.22. The van der Waals surface area contributed by atoms with Crippen molar-refractivity contribution in [3.05, 3.63) is 50.9 Å². The molecular formula is C12H7ClN4O6. The van der Waals surface area contributed by atoms with Crippen molar-refractivity contribution in [3.8, 4) is 0 Å². The number of nitrogens with one attached hydrogen (secondary N) is 1. The van der Waals surface area contributed by atoms with E-state index in [4.69, 9.17) is 21.8 Å². The maximum Gasteiger partial charge on any atom is 0.337 e. The summed E-state index contributed by atoms with van der Waals surface area (Å²) in [4.78, 5) is 39.4. The van der Waals surface area contributed by atoms with Crippen LogP contribution in [0.25, 0.3) is 0 Å². The van der Waals surface area contributed by atoms with Gasteiger partial charge < -0.3 is 15.5 Å². The average molecular weight is 339 g/mol. The van der Waals surface area contributed by atoms with Crippen molar-refractivity contribution in [2.45, 2.75) is 0 Å². The molecule has 0 atom stereocenters. The second kappa shape index (κ2) is 6.23. The van der Waals surface area contributed by atoms with Crippen LogP contribution in [0.1, 0.15) is 20.7 Å². The summed E-state index contributed by atoms with van der Waals surface area (Å²) in [6, 6.07) is 3.17. The van der Waals surface area contributed by atoms with Crippen LogP contribution < -0.4 is 5.32 Å². The maximum atomic E-state index is 11.2. The lowest BCUT2D eigenvalue weighted by Crippen LogP contribution is -2.08. The summed E-state index contributed by atoms with van der Waals surface area (Å²) in [6.45, 7) is 0. The van der Waals surface area contributed by atoms with Gasteiger partial charge >= 0.3 is 17.6 Å². The van der Waals surface area contributed by atoms with Gasteiger partial charge in [0, 0.05) is 0 Å². The van der Waals surface area contributed by atoms with Crippen LogP contribution in [-0.2, 0) is 0 Å². The second-order valence-corrected chi connectivity index (χ2v) is 4.46.